The van der Waals surface area contributed by atoms with E-state index in [1.54, 1.807) is 6.07 Å². The first-order valence-corrected chi connectivity index (χ1v) is 6.24. The Morgan fingerprint density at radius 3 is 2.71 bits per heavy atom. The van der Waals surface area contributed by atoms with Gasteiger partial charge in [-0.25, -0.2) is 9.78 Å². The Morgan fingerprint density at radius 2 is 2.00 bits per heavy atom. The second-order valence-corrected chi connectivity index (χ2v) is 4.37. The van der Waals surface area contributed by atoms with E-state index >= 15 is 0 Å². The van der Waals surface area contributed by atoms with Crippen LogP contribution in [0.2, 0.25) is 0 Å². The molecule has 2 aromatic rings. The summed E-state index contributed by atoms with van der Waals surface area (Å²) >= 11 is 0. The molecule has 0 aliphatic rings. The molecule has 1 aromatic carbocycles. The minimum atomic E-state index is -1.15. The first kappa shape index (κ1) is 14.5. The lowest BCUT2D eigenvalue weighted by atomic mass is 10.2. The van der Waals surface area contributed by atoms with Crippen molar-refractivity contribution in [2.75, 3.05) is 11.9 Å². The van der Waals surface area contributed by atoms with Crippen LogP contribution in [-0.2, 0) is 4.79 Å². The molecular weight excluding hydrogens is 272 g/mol. The molecule has 2 rings (SSSR count). The molecular formula is C15H14N2O4. The van der Waals surface area contributed by atoms with E-state index in [0.717, 1.165) is 5.56 Å². The van der Waals surface area contributed by atoms with Gasteiger partial charge in [0.25, 0.3) is 5.91 Å². The number of nitrogens with one attached hydrogen (secondary N) is 1. The number of carbonyl (C=O) groups excluding carboxylic acids is 1. The number of hydrogen-bond donors (Lipinski definition) is 2. The fourth-order valence-electron chi connectivity index (χ4n) is 1.66. The molecule has 6 heteroatoms. The zero-order valence-corrected chi connectivity index (χ0v) is 11.4. The number of aromatic nitrogens is 1. The van der Waals surface area contributed by atoms with Crippen molar-refractivity contribution >= 4 is 17.7 Å². The number of benzene rings is 1. The first-order valence-electron chi connectivity index (χ1n) is 6.24. The highest BCUT2D eigenvalue weighted by Gasteiger charge is 2.08. The van der Waals surface area contributed by atoms with Crippen LogP contribution in [0.15, 0.2) is 42.5 Å². The molecule has 0 bridgehead atoms. The summed E-state index contributed by atoms with van der Waals surface area (Å²) in [6, 6.07) is 11.7. The van der Waals surface area contributed by atoms with Gasteiger partial charge < -0.3 is 15.2 Å². The quantitative estimate of drug-likeness (QED) is 0.878. The third-order valence-electron chi connectivity index (χ3n) is 2.60. The number of aromatic carboxylic acids is 1. The van der Waals surface area contributed by atoms with E-state index in [1.165, 1.54) is 18.2 Å². The summed E-state index contributed by atoms with van der Waals surface area (Å²) in [7, 11) is 0. The normalized spacial score (nSPS) is 9.95. The number of rotatable bonds is 5. The monoisotopic (exact) mass is 286 g/mol. The molecule has 21 heavy (non-hydrogen) atoms. The summed E-state index contributed by atoms with van der Waals surface area (Å²) in [5, 5.41) is 11.3. The van der Waals surface area contributed by atoms with Gasteiger partial charge in [0.05, 0.1) is 0 Å². The van der Waals surface area contributed by atoms with Gasteiger partial charge in [0.2, 0.25) is 0 Å². The Bertz CT molecular complexity index is 670. The lowest BCUT2D eigenvalue weighted by molar-refractivity contribution is -0.118. The molecule has 108 valence electrons. The third kappa shape index (κ3) is 4.31. The number of nitrogens with zero attached hydrogens (tertiary/aromatic N) is 1. The number of amides is 1. The summed E-state index contributed by atoms with van der Waals surface area (Å²) in [4.78, 5) is 26.3. The van der Waals surface area contributed by atoms with Gasteiger partial charge in [0.1, 0.15) is 11.6 Å². The molecule has 0 spiro atoms. The maximum absolute atomic E-state index is 11.7. The average molecular weight is 286 g/mol. The van der Waals surface area contributed by atoms with Crippen LogP contribution in [0.25, 0.3) is 0 Å². The zero-order valence-electron chi connectivity index (χ0n) is 11.4. The van der Waals surface area contributed by atoms with E-state index in [9.17, 15) is 9.59 Å². The predicted octanol–water partition coefficient (Wildman–Crippen LogP) is 2.11. The predicted molar refractivity (Wildman–Crippen MR) is 76.5 cm³/mol. The number of ether oxygens (including phenoxy) is 1. The van der Waals surface area contributed by atoms with E-state index in [-0.39, 0.29) is 18.1 Å². The fourth-order valence-corrected chi connectivity index (χ4v) is 1.66. The highest BCUT2D eigenvalue weighted by atomic mass is 16.5. The molecule has 1 aromatic heterocycles. The number of hydrogen-bond acceptors (Lipinski definition) is 4. The van der Waals surface area contributed by atoms with Crippen molar-refractivity contribution in [1.82, 2.24) is 4.98 Å². The molecule has 2 N–H and O–H groups in total. The van der Waals surface area contributed by atoms with Gasteiger partial charge in [-0.05, 0) is 36.8 Å². The van der Waals surface area contributed by atoms with Crippen molar-refractivity contribution < 1.29 is 19.4 Å². The molecule has 0 aliphatic carbocycles. The molecule has 1 heterocycles. The Hall–Kier alpha value is -2.89. The van der Waals surface area contributed by atoms with Crippen molar-refractivity contribution in [2.24, 2.45) is 0 Å². The first-order chi connectivity index (χ1) is 10.0. The average Bonchev–Trinajstić information content (AvgIpc) is 2.45. The molecule has 0 fully saturated rings. The summed E-state index contributed by atoms with van der Waals surface area (Å²) in [5.74, 6) is -0.793. The second kappa shape index (κ2) is 6.51. The van der Waals surface area contributed by atoms with Gasteiger partial charge >= 0.3 is 5.97 Å². The maximum Gasteiger partial charge on any atom is 0.354 e. The van der Waals surface area contributed by atoms with Crippen molar-refractivity contribution in [3.05, 3.63) is 53.7 Å². The molecule has 0 radical (unpaired) electrons. The number of pyridine rings is 1. The Balaban J connectivity index is 1.93. The summed E-state index contributed by atoms with van der Waals surface area (Å²) in [6.45, 7) is 1.75. The van der Waals surface area contributed by atoms with Crippen molar-refractivity contribution in [2.45, 2.75) is 6.92 Å². The Labute approximate surface area is 121 Å². The van der Waals surface area contributed by atoms with Crippen LogP contribution in [0.5, 0.6) is 5.75 Å². The molecule has 6 nitrogen and oxygen atoms in total. The van der Waals surface area contributed by atoms with Crippen LogP contribution in [-0.4, -0.2) is 28.6 Å². The molecule has 1 amide bonds. The van der Waals surface area contributed by atoms with Crippen LogP contribution >= 0.6 is 0 Å². The van der Waals surface area contributed by atoms with Gasteiger partial charge in [-0.3, -0.25) is 4.79 Å². The topological polar surface area (TPSA) is 88.5 Å². The fraction of sp³-hybridized carbons (Fsp3) is 0.133. The van der Waals surface area contributed by atoms with Crippen LogP contribution in [0.1, 0.15) is 16.1 Å². The zero-order chi connectivity index (χ0) is 15.2. The van der Waals surface area contributed by atoms with Gasteiger partial charge in [-0.1, -0.05) is 18.2 Å². The lowest BCUT2D eigenvalue weighted by Gasteiger charge is -2.07. The van der Waals surface area contributed by atoms with Crippen molar-refractivity contribution in [3.8, 4) is 5.75 Å². The van der Waals surface area contributed by atoms with Gasteiger partial charge in [0.15, 0.2) is 12.3 Å². The summed E-state index contributed by atoms with van der Waals surface area (Å²) in [6.07, 6.45) is 0. The van der Waals surface area contributed by atoms with Crippen molar-refractivity contribution in [1.29, 1.82) is 0 Å². The van der Waals surface area contributed by atoms with Crippen LogP contribution in [0, 0.1) is 6.92 Å². The van der Waals surface area contributed by atoms with Gasteiger partial charge in [0, 0.05) is 0 Å². The largest absolute Gasteiger partial charge is 0.484 e. The highest BCUT2D eigenvalue weighted by molar-refractivity contribution is 5.92. The van der Waals surface area contributed by atoms with Crippen LogP contribution < -0.4 is 10.1 Å². The Kier molecular flexibility index (Phi) is 4.50. The number of carboxylic acids is 1. The lowest BCUT2D eigenvalue weighted by Crippen LogP contribution is -2.21. The minimum absolute atomic E-state index is 0.132. The highest BCUT2D eigenvalue weighted by Crippen LogP contribution is 2.12. The maximum atomic E-state index is 11.7. The Morgan fingerprint density at radius 1 is 1.24 bits per heavy atom. The smallest absolute Gasteiger partial charge is 0.354 e. The van der Waals surface area contributed by atoms with E-state index in [1.807, 2.05) is 25.1 Å². The third-order valence-corrected chi connectivity index (χ3v) is 2.60. The van der Waals surface area contributed by atoms with E-state index in [2.05, 4.69) is 10.3 Å². The van der Waals surface area contributed by atoms with E-state index in [4.69, 9.17) is 9.84 Å². The van der Waals surface area contributed by atoms with E-state index in [0.29, 0.717) is 5.75 Å². The number of carbonyl (C=O) groups is 2. The SMILES string of the molecule is Cc1cccc(OCC(=O)Nc2cccc(C(=O)O)n2)c1. The summed E-state index contributed by atoms with van der Waals surface area (Å²) < 4.78 is 5.34. The minimum Gasteiger partial charge on any atom is -0.484 e. The van der Waals surface area contributed by atoms with E-state index < -0.39 is 11.9 Å². The van der Waals surface area contributed by atoms with Crippen LogP contribution in [0.4, 0.5) is 5.82 Å². The molecule has 0 unspecified atom stereocenters. The van der Waals surface area contributed by atoms with Gasteiger partial charge in [-0.15, -0.1) is 0 Å². The number of carboxylic acid groups (broad SMARTS) is 1. The number of aryl methyl sites for hydroxylation is 1. The molecule has 0 atom stereocenters. The second-order valence-electron chi connectivity index (χ2n) is 4.37. The molecule has 0 aliphatic heterocycles. The standard InChI is InChI=1S/C15H14N2O4/c1-10-4-2-5-11(8-10)21-9-14(18)17-13-7-3-6-12(16-13)15(19)20/h2-8H,9H2,1H3,(H,19,20)(H,16,17,18). The van der Waals surface area contributed by atoms with Gasteiger partial charge in [-0.2, -0.15) is 0 Å². The number of anilines is 1. The van der Waals surface area contributed by atoms with Crippen LogP contribution in [0.3, 0.4) is 0 Å². The van der Waals surface area contributed by atoms with Crippen molar-refractivity contribution in [3.63, 3.8) is 0 Å². The molecule has 0 saturated heterocycles. The molecule has 0 saturated carbocycles. The summed E-state index contributed by atoms with van der Waals surface area (Å²) in [5.41, 5.74) is 0.899.